The lowest BCUT2D eigenvalue weighted by molar-refractivity contribution is -0.139. The first kappa shape index (κ1) is 34.2. The molecule has 0 aliphatic heterocycles. The Bertz CT molecular complexity index is 1710. The van der Waals surface area contributed by atoms with Crippen molar-refractivity contribution in [2.45, 2.75) is 71.6 Å². The molecule has 0 N–H and O–H groups in total. The first-order chi connectivity index (χ1) is 22.4. The van der Waals surface area contributed by atoms with Gasteiger partial charge in [0, 0.05) is 36.0 Å². The molecule has 238 valence electrons. The van der Waals surface area contributed by atoms with Crippen LogP contribution in [0.5, 0.6) is 5.75 Å². The number of unbranched alkanes of at least 4 members (excludes halogenated alkanes) is 5. The Kier molecular flexibility index (Phi) is 13.2. The summed E-state index contributed by atoms with van der Waals surface area (Å²) in [6, 6.07) is 25.0. The van der Waals surface area contributed by atoms with Gasteiger partial charge in [0.05, 0.1) is 13.2 Å². The van der Waals surface area contributed by atoms with Crippen LogP contribution in [0.2, 0.25) is 0 Å². The van der Waals surface area contributed by atoms with Crippen LogP contribution in [-0.4, -0.2) is 25.0 Å². The number of esters is 1. The summed E-state index contributed by atoms with van der Waals surface area (Å²) in [7, 11) is 0. The van der Waals surface area contributed by atoms with Gasteiger partial charge in [-0.3, -0.25) is 4.79 Å². The smallest absolute Gasteiger partial charge is 0.333 e. The zero-order valence-electron chi connectivity index (χ0n) is 27.0. The number of hydrogen-bond acceptors (Lipinski definition) is 4. The molecule has 4 rings (SSSR count). The Morgan fingerprint density at radius 3 is 2.15 bits per heavy atom. The zero-order chi connectivity index (χ0) is 32.7. The van der Waals surface area contributed by atoms with Crippen molar-refractivity contribution in [3.05, 3.63) is 102 Å². The quantitative estimate of drug-likeness (QED) is 0.0412. The summed E-state index contributed by atoms with van der Waals surface area (Å²) in [5, 5.41) is 2.20. The van der Waals surface area contributed by atoms with Gasteiger partial charge in [0.2, 0.25) is 0 Å². The number of benzene rings is 4. The van der Waals surface area contributed by atoms with E-state index in [9.17, 15) is 9.59 Å². The first-order valence-corrected chi connectivity index (χ1v) is 16.2. The lowest BCUT2D eigenvalue weighted by atomic mass is 9.96. The Labute approximate surface area is 272 Å². The molecule has 0 bridgehead atoms. The number of ketones is 1. The van der Waals surface area contributed by atoms with Crippen LogP contribution in [0.15, 0.2) is 91.0 Å². The van der Waals surface area contributed by atoms with Gasteiger partial charge in [-0.15, -0.1) is 11.8 Å². The zero-order valence-corrected chi connectivity index (χ0v) is 27.0. The summed E-state index contributed by atoms with van der Waals surface area (Å²) < 4.78 is 26.2. The van der Waals surface area contributed by atoms with E-state index in [2.05, 4.69) is 55.7 Å². The fourth-order valence-electron chi connectivity index (χ4n) is 5.08. The van der Waals surface area contributed by atoms with Gasteiger partial charge in [0.25, 0.3) is 0 Å². The highest BCUT2D eigenvalue weighted by Gasteiger charge is 2.12. The summed E-state index contributed by atoms with van der Waals surface area (Å²) in [5.41, 5.74) is 4.18. The maximum absolute atomic E-state index is 15.1. The average molecular weight is 619 g/mol. The van der Waals surface area contributed by atoms with Crippen LogP contribution in [-0.2, 0) is 9.53 Å². The molecule has 4 aromatic rings. The molecule has 0 aliphatic rings. The molecule has 4 nitrogen and oxygen atoms in total. The summed E-state index contributed by atoms with van der Waals surface area (Å²) in [6.45, 7) is 8.38. The van der Waals surface area contributed by atoms with Gasteiger partial charge in [-0.25, -0.2) is 9.18 Å². The van der Waals surface area contributed by atoms with Crippen molar-refractivity contribution in [2.24, 2.45) is 0 Å². The van der Waals surface area contributed by atoms with Crippen molar-refractivity contribution >= 4 is 22.5 Å². The van der Waals surface area contributed by atoms with Crippen LogP contribution < -0.4 is 4.74 Å². The summed E-state index contributed by atoms with van der Waals surface area (Å²) >= 11 is 0. The second-order valence-corrected chi connectivity index (χ2v) is 11.6. The lowest BCUT2D eigenvalue weighted by Crippen LogP contribution is -2.06. The third-order valence-electron chi connectivity index (χ3n) is 7.73. The maximum atomic E-state index is 15.1. The van der Waals surface area contributed by atoms with E-state index in [1.807, 2.05) is 30.3 Å². The molecule has 4 aromatic carbocycles. The normalized spacial score (nSPS) is 10.7. The van der Waals surface area contributed by atoms with Crippen LogP contribution in [0.4, 0.5) is 4.39 Å². The van der Waals surface area contributed by atoms with Gasteiger partial charge in [0.1, 0.15) is 11.6 Å². The Morgan fingerprint density at radius 2 is 1.41 bits per heavy atom. The molecule has 0 atom stereocenters. The monoisotopic (exact) mass is 618 g/mol. The van der Waals surface area contributed by atoms with Gasteiger partial charge in [-0.05, 0) is 97.2 Å². The number of ether oxygens (including phenoxy) is 2. The van der Waals surface area contributed by atoms with Crippen LogP contribution in [0.1, 0.15) is 82.0 Å². The number of halogens is 1. The van der Waals surface area contributed by atoms with Crippen molar-refractivity contribution in [3.8, 4) is 39.8 Å². The second kappa shape index (κ2) is 17.7. The van der Waals surface area contributed by atoms with E-state index >= 15 is 4.39 Å². The number of hydrogen-bond donors (Lipinski definition) is 0. The van der Waals surface area contributed by atoms with Crippen molar-refractivity contribution in [3.63, 3.8) is 0 Å². The molecular weight excluding hydrogens is 575 g/mol. The molecule has 0 spiro atoms. The highest BCUT2D eigenvalue weighted by Crippen LogP contribution is 2.30. The van der Waals surface area contributed by atoms with Gasteiger partial charge < -0.3 is 9.47 Å². The lowest BCUT2D eigenvalue weighted by Gasteiger charge is -2.10. The standard InChI is InChI=1S/C41H43FO4/c1-4-5-6-7-8-11-14-40(43)36-22-24-38(39(42)29-36)32-17-15-31(16-18-32)33-19-20-35-28-37(23-21-34(35)27-33)45-25-12-9-10-13-26-46-41(44)30(2)3/h15-24,27-29H,2,4-5,8-14,25-26H2,1,3H3. The molecule has 0 fully saturated rings. The molecular formula is C41H43FO4. The van der Waals surface area contributed by atoms with Gasteiger partial charge >= 0.3 is 5.97 Å². The van der Waals surface area contributed by atoms with Crippen molar-refractivity contribution in [2.75, 3.05) is 13.2 Å². The van der Waals surface area contributed by atoms with E-state index in [-0.39, 0.29) is 11.8 Å². The van der Waals surface area contributed by atoms with E-state index in [4.69, 9.17) is 9.47 Å². The molecule has 0 heterocycles. The van der Waals surface area contributed by atoms with Gasteiger partial charge in [0.15, 0.2) is 5.78 Å². The third-order valence-corrected chi connectivity index (χ3v) is 7.73. The van der Waals surface area contributed by atoms with Crippen molar-refractivity contribution < 1.29 is 23.5 Å². The molecule has 0 saturated heterocycles. The molecule has 0 saturated carbocycles. The molecule has 5 heteroatoms. The predicted octanol–water partition coefficient (Wildman–Crippen LogP) is 10.5. The summed E-state index contributed by atoms with van der Waals surface area (Å²) in [6.07, 6.45) is 7.41. The SMILES string of the molecule is C=C(C)C(=O)OCCCCCCOc1ccc2cc(-c3ccc(-c4ccc(C(=O)CCCC#CCCC)cc4F)cc3)ccc2c1. The number of Topliss-reactive ketones (excluding diaryl/α,β-unsaturated/α-hetero) is 1. The molecule has 46 heavy (non-hydrogen) atoms. The largest absolute Gasteiger partial charge is 0.494 e. The summed E-state index contributed by atoms with van der Waals surface area (Å²) in [5.74, 6) is 6.24. The van der Waals surface area contributed by atoms with E-state index < -0.39 is 5.82 Å². The molecule has 0 unspecified atom stereocenters. The number of fused-ring (bicyclic) bond motifs is 1. The highest BCUT2D eigenvalue weighted by molar-refractivity contribution is 5.96. The van der Waals surface area contributed by atoms with Crippen molar-refractivity contribution in [1.82, 2.24) is 0 Å². The molecule has 0 amide bonds. The van der Waals surface area contributed by atoms with E-state index in [1.165, 1.54) is 6.07 Å². The molecule has 0 aliphatic carbocycles. The van der Waals surface area contributed by atoms with Gasteiger partial charge in [-0.1, -0.05) is 68.1 Å². The molecule has 0 aromatic heterocycles. The van der Waals surface area contributed by atoms with Gasteiger partial charge in [-0.2, -0.15) is 0 Å². The van der Waals surface area contributed by atoms with E-state index in [0.717, 1.165) is 71.7 Å². The third kappa shape index (κ3) is 10.2. The Hall–Kier alpha value is -4.69. The van der Waals surface area contributed by atoms with Crippen LogP contribution in [0.3, 0.4) is 0 Å². The fourth-order valence-corrected chi connectivity index (χ4v) is 5.08. The molecule has 0 radical (unpaired) electrons. The second-order valence-electron chi connectivity index (χ2n) is 11.6. The first-order valence-electron chi connectivity index (χ1n) is 16.2. The average Bonchev–Trinajstić information content (AvgIpc) is 3.07. The fraction of sp³-hybridized carbons (Fsp3) is 0.317. The minimum Gasteiger partial charge on any atom is -0.494 e. The van der Waals surface area contributed by atoms with E-state index in [1.54, 1.807) is 19.1 Å². The Morgan fingerprint density at radius 1 is 0.739 bits per heavy atom. The highest BCUT2D eigenvalue weighted by atomic mass is 19.1. The van der Waals surface area contributed by atoms with Crippen LogP contribution >= 0.6 is 0 Å². The topological polar surface area (TPSA) is 52.6 Å². The predicted molar refractivity (Wildman–Crippen MR) is 185 cm³/mol. The minimum absolute atomic E-state index is 0.0551. The van der Waals surface area contributed by atoms with Crippen LogP contribution in [0.25, 0.3) is 33.0 Å². The summed E-state index contributed by atoms with van der Waals surface area (Å²) in [4.78, 5) is 23.9. The van der Waals surface area contributed by atoms with Crippen molar-refractivity contribution in [1.29, 1.82) is 0 Å². The van der Waals surface area contributed by atoms with Crippen LogP contribution in [0, 0.1) is 17.7 Å². The number of carbonyl (C=O) groups is 2. The maximum Gasteiger partial charge on any atom is 0.333 e. The Balaban J connectivity index is 1.28. The number of carbonyl (C=O) groups excluding carboxylic acids is 2. The minimum atomic E-state index is -0.397. The number of rotatable bonds is 16. The van der Waals surface area contributed by atoms with E-state index in [0.29, 0.717) is 49.2 Å².